The third kappa shape index (κ3) is 5.33. The SMILES string of the molecule is CCCCOC(=O)NCCc1ncc(-c2ccc(N=[N+]=[N-])cc2)[nH]1. The number of unbranched alkanes of at least 4 members (excludes halogenated alkanes) is 1. The molecular weight excluding hydrogens is 308 g/mol. The molecule has 0 aliphatic carbocycles. The Morgan fingerprint density at radius 3 is 2.92 bits per heavy atom. The lowest BCUT2D eigenvalue weighted by Crippen LogP contribution is -2.27. The van der Waals surface area contributed by atoms with Crippen LogP contribution in [0.25, 0.3) is 21.7 Å². The number of aromatic nitrogens is 2. The number of hydrogen-bond acceptors (Lipinski definition) is 4. The van der Waals surface area contributed by atoms with E-state index in [1.165, 1.54) is 0 Å². The lowest BCUT2D eigenvalue weighted by molar-refractivity contribution is 0.144. The lowest BCUT2D eigenvalue weighted by atomic mass is 10.1. The monoisotopic (exact) mass is 328 g/mol. The average Bonchev–Trinajstić information content (AvgIpc) is 3.05. The summed E-state index contributed by atoms with van der Waals surface area (Å²) < 4.78 is 5.01. The van der Waals surface area contributed by atoms with Gasteiger partial charge in [-0.05, 0) is 17.5 Å². The van der Waals surface area contributed by atoms with E-state index in [9.17, 15) is 4.79 Å². The minimum atomic E-state index is -0.399. The number of benzene rings is 1. The van der Waals surface area contributed by atoms with Crippen LogP contribution in [-0.4, -0.2) is 29.2 Å². The summed E-state index contributed by atoms with van der Waals surface area (Å²) in [5.74, 6) is 0.776. The molecular formula is C16H20N6O2. The van der Waals surface area contributed by atoms with Crippen LogP contribution in [-0.2, 0) is 11.2 Å². The van der Waals surface area contributed by atoms with Gasteiger partial charge < -0.3 is 15.0 Å². The molecule has 0 spiro atoms. The second-order valence-electron chi connectivity index (χ2n) is 5.15. The van der Waals surface area contributed by atoms with E-state index in [1.807, 2.05) is 19.1 Å². The Kier molecular flexibility index (Phi) is 6.67. The number of alkyl carbamates (subject to hydrolysis) is 1. The molecule has 2 aromatic rings. The van der Waals surface area contributed by atoms with Gasteiger partial charge in [0, 0.05) is 23.6 Å². The molecule has 126 valence electrons. The quantitative estimate of drug-likeness (QED) is 0.329. The van der Waals surface area contributed by atoms with E-state index in [-0.39, 0.29) is 0 Å². The molecule has 0 bridgehead atoms. The first-order valence-corrected chi connectivity index (χ1v) is 7.83. The maximum Gasteiger partial charge on any atom is 0.407 e. The predicted molar refractivity (Wildman–Crippen MR) is 90.8 cm³/mol. The highest BCUT2D eigenvalue weighted by atomic mass is 16.5. The zero-order valence-electron chi connectivity index (χ0n) is 13.5. The fourth-order valence-electron chi connectivity index (χ4n) is 2.04. The van der Waals surface area contributed by atoms with Crippen molar-refractivity contribution in [1.82, 2.24) is 15.3 Å². The molecule has 0 saturated carbocycles. The molecule has 0 saturated heterocycles. The molecule has 24 heavy (non-hydrogen) atoms. The minimum Gasteiger partial charge on any atom is -0.450 e. The Hall–Kier alpha value is -2.99. The van der Waals surface area contributed by atoms with E-state index in [1.54, 1.807) is 18.3 Å². The van der Waals surface area contributed by atoms with E-state index >= 15 is 0 Å². The van der Waals surface area contributed by atoms with E-state index in [4.69, 9.17) is 10.3 Å². The van der Waals surface area contributed by atoms with Gasteiger partial charge in [-0.1, -0.05) is 42.7 Å². The van der Waals surface area contributed by atoms with Crippen molar-refractivity contribution in [3.8, 4) is 11.3 Å². The Bertz CT molecular complexity index is 704. The topological polar surface area (TPSA) is 116 Å². The van der Waals surface area contributed by atoms with Gasteiger partial charge in [0.2, 0.25) is 0 Å². The van der Waals surface area contributed by atoms with E-state index in [2.05, 4.69) is 25.3 Å². The molecule has 1 aromatic carbocycles. The number of imidazole rings is 1. The van der Waals surface area contributed by atoms with Gasteiger partial charge in [-0.25, -0.2) is 9.78 Å². The van der Waals surface area contributed by atoms with Gasteiger partial charge in [0.1, 0.15) is 5.82 Å². The van der Waals surface area contributed by atoms with Crippen molar-refractivity contribution in [1.29, 1.82) is 0 Å². The van der Waals surface area contributed by atoms with Gasteiger partial charge in [0.05, 0.1) is 18.5 Å². The van der Waals surface area contributed by atoms with Crippen molar-refractivity contribution >= 4 is 11.8 Å². The Balaban J connectivity index is 1.82. The van der Waals surface area contributed by atoms with E-state index in [0.717, 1.165) is 29.9 Å². The number of H-pyrrole nitrogens is 1. The molecule has 0 fully saturated rings. The Morgan fingerprint density at radius 2 is 2.21 bits per heavy atom. The van der Waals surface area contributed by atoms with Crippen LogP contribution in [0.2, 0.25) is 0 Å². The van der Waals surface area contributed by atoms with Gasteiger partial charge in [0.15, 0.2) is 0 Å². The molecule has 2 rings (SSSR count). The van der Waals surface area contributed by atoms with Crippen LogP contribution in [0.4, 0.5) is 10.5 Å². The maximum absolute atomic E-state index is 11.4. The summed E-state index contributed by atoms with van der Waals surface area (Å²) in [5.41, 5.74) is 10.8. The second kappa shape index (κ2) is 9.22. The van der Waals surface area contributed by atoms with Crippen LogP contribution in [0.3, 0.4) is 0 Å². The van der Waals surface area contributed by atoms with Gasteiger partial charge in [-0.3, -0.25) is 0 Å². The van der Waals surface area contributed by atoms with Crippen molar-refractivity contribution in [2.45, 2.75) is 26.2 Å². The van der Waals surface area contributed by atoms with Crippen molar-refractivity contribution in [2.24, 2.45) is 5.11 Å². The molecule has 1 aromatic heterocycles. The molecule has 8 heteroatoms. The van der Waals surface area contributed by atoms with Crippen molar-refractivity contribution in [3.63, 3.8) is 0 Å². The third-order valence-corrected chi connectivity index (χ3v) is 3.33. The van der Waals surface area contributed by atoms with Crippen LogP contribution < -0.4 is 5.32 Å². The first kappa shape index (κ1) is 17.4. The number of azide groups is 1. The predicted octanol–water partition coefficient (Wildman–Crippen LogP) is 4.09. The number of carbonyl (C=O) groups excluding carboxylic acids is 1. The van der Waals surface area contributed by atoms with Crippen molar-refractivity contribution < 1.29 is 9.53 Å². The number of nitrogens with one attached hydrogen (secondary N) is 2. The Morgan fingerprint density at radius 1 is 1.42 bits per heavy atom. The summed E-state index contributed by atoms with van der Waals surface area (Å²) in [6, 6.07) is 7.18. The summed E-state index contributed by atoms with van der Waals surface area (Å²) in [7, 11) is 0. The highest BCUT2D eigenvalue weighted by Gasteiger charge is 2.05. The Labute approximate surface area is 139 Å². The van der Waals surface area contributed by atoms with Crippen LogP contribution in [0, 0.1) is 0 Å². The van der Waals surface area contributed by atoms with Crippen LogP contribution in [0.15, 0.2) is 35.6 Å². The number of nitrogens with zero attached hydrogens (tertiary/aromatic N) is 4. The molecule has 0 unspecified atom stereocenters. The molecule has 8 nitrogen and oxygen atoms in total. The summed E-state index contributed by atoms with van der Waals surface area (Å²) in [6.07, 6.45) is 3.78. The van der Waals surface area contributed by atoms with Crippen molar-refractivity contribution in [2.75, 3.05) is 13.2 Å². The van der Waals surface area contributed by atoms with E-state index in [0.29, 0.717) is 25.3 Å². The molecule has 2 N–H and O–H groups in total. The van der Waals surface area contributed by atoms with Crippen LogP contribution >= 0.6 is 0 Å². The number of carbonyl (C=O) groups is 1. The second-order valence-corrected chi connectivity index (χ2v) is 5.15. The maximum atomic E-state index is 11.4. The molecule has 0 radical (unpaired) electrons. The van der Waals surface area contributed by atoms with Crippen LogP contribution in [0.1, 0.15) is 25.6 Å². The smallest absolute Gasteiger partial charge is 0.407 e. The highest BCUT2D eigenvalue weighted by molar-refractivity contribution is 5.67. The molecule has 1 heterocycles. The number of ether oxygens (including phenoxy) is 1. The number of rotatable bonds is 8. The van der Waals surface area contributed by atoms with E-state index < -0.39 is 6.09 Å². The molecule has 1 amide bonds. The summed E-state index contributed by atoms with van der Waals surface area (Å²) in [5, 5.41) is 6.23. The first-order chi connectivity index (χ1) is 11.7. The number of aromatic amines is 1. The standard InChI is InChI=1S/C16H20N6O2/c1-2-3-10-24-16(23)18-9-8-15-19-11-14(20-15)12-4-6-13(7-5-12)21-22-17/h4-7,11H,2-3,8-10H2,1H3,(H,18,23)(H,19,20). The highest BCUT2D eigenvalue weighted by Crippen LogP contribution is 2.21. The summed E-state index contributed by atoms with van der Waals surface area (Å²) >= 11 is 0. The zero-order chi connectivity index (χ0) is 17.2. The van der Waals surface area contributed by atoms with Crippen molar-refractivity contribution in [3.05, 3.63) is 46.7 Å². The minimum absolute atomic E-state index is 0.399. The fraction of sp³-hybridized carbons (Fsp3) is 0.375. The zero-order valence-corrected chi connectivity index (χ0v) is 13.5. The molecule has 0 atom stereocenters. The van der Waals surface area contributed by atoms with Gasteiger partial charge in [-0.2, -0.15) is 0 Å². The number of amides is 1. The normalized spacial score (nSPS) is 10.0. The van der Waals surface area contributed by atoms with Gasteiger partial charge in [-0.15, -0.1) is 0 Å². The first-order valence-electron chi connectivity index (χ1n) is 7.83. The molecule has 0 aliphatic rings. The lowest BCUT2D eigenvalue weighted by Gasteiger charge is -2.05. The number of hydrogen-bond donors (Lipinski definition) is 2. The van der Waals surface area contributed by atoms with Gasteiger partial charge >= 0.3 is 6.09 Å². The van der Waals surface area contributed by atoms with Crippen LogP contribution in [0.5, 0.6) is 0 Å². The largest absolute Gasteiger partial charge is 0.450 e. The fourth-order valence-corrected chi connectivity index (χ4v) is 2.04. The summed E-state index contributed by atoms with van der Waals surface area (Å²) in [6.45, 7) is 2.94. The molecule has 0 aliphatic heterocycles. The average molecular weight is 328 g/mol. The summed E-state index contributed by atoms with van der Waals surface area (Å²) in [4.78, 5) is 21.7. The van der Waals surface area contributed by atoms with Gasteiger partial charge in [0.25, 0.3) is 0 Å². The third-order valence-electron chi connectivity index (χ3n) is 3.33.